The van der Waals surface area contributed by atoms with Gasteiger partial charge in [-0.25, -0.2) is 4.39 Å². The smallest absolute Gasteiger partial charge is 0.239 e. The lowest BCUT2D eigenvalue weighted by atomic mass is 10.0. The van der Waals surface area contributed by atoms with Gasteiger partial charge in [0.1, 0.15) is 11.5 Å². The number of ketones is 1. The molecular formula is C34H38FN5O3S. The largest absolute Gasteiger partial charge is 0.453 e. The van der Waals surface area contributed by atoms with E-state index >= 15 is 0 Å². The third kappa shape index (κ3) is 7.14. The molecule has 2 aliphatic rings. The second-order valence-electron chi connectivity index (χ2n) is 12.3. The molecule has 0 radical (unpaired) electrons. The molecule has 4 heterocycles. The molecule has 230 valence electrons. The Morgan fingerprint density at radius 3 is 2.48 bits per heavy atom. The fourth-order valence-electron chi connectivity index (χ4n) is 5.47. The molecule has 1 amide bonds. The van der Waals surface area contributed by atoms with Crippen molar-refractivity contribution in [2.75, 3.05) is 26.2 Å². The standard InChI is InChI=1S/C34H38FN5O3S/c1-21(2)32(36)34(42)40-13-11-39(12-14-40)20-24-5-7-27(38-19-24)31-18-28-33(44-31)30(9-10-37-28)43-29-8-6-23(17-26(29)35)16-25(41)15-22-3-4-22/h5-10,17-19,21-22,32H,3-4,11-16,20,36H2,1-2H3/t32-/m0/s1. The zero-order valence-electron chi connectivity index (χ0n) is 25.2. The number of carbonyl (C=O) groups is 2. The molecule has 10 heteroatoms. The maximum Gasteiger partial charge on any atom is 0.239 e. The quantitative estimate of drug-likeness (QED) is 0.227. The third-order valence-corrected chi connectivity index (χ3v) is 9.54. The number of carbonyl (C=O) groups excluding carboxylic acids is 2. The van der Waals surface area contributed by atoms with Crippen LogP contribution in [0.3, 0.4) is 0 Å². The molecule has 0 unspecified atom stereocenters. The summed E-state index contributed by atoms with van der Waals surface area (Å²) in [4.78, 5) is 39.1. The van der Waals surface area contributed by atoms with E-state index in [1.807, 2.05) is 37.1 Å². The Balaban J connectivity index is 1.08. The van der Waals surface area contributed by atoms with E-state index in [1.165, 1.54) is 17.4 Å². The van der Waals surface area contributed by atoms with Crippen LogP contribution in [0.25, 0.3) is 20.8 Å². The number of nitrogens with two attached hydrogens (primary N) is 1. The van der Waals surface area contributed by atoms with Crippen molar-refractivity contribution in [1.82, 2.24) is 19.8 Å². The van der Waals surface area contributed by atoms with Crippen molar-refractivity contribution in [3.8, 4) is 22.1 Å². The zero-order valence-corrected chi connectivity index (χ0v) is 26.0. The van der Waals surface area contributed by atoms with Gasteiger partial charge in [-0.05, 0) is 60.1 Å². The highest BCUT2D eigenvalue weighted by Crippen LogP contribution is 2.39. The van der Waals surface area contributed by atoms with Crippen molar-refractivity contribution in [3.05, 3.63) is 71.8 Å². The molecule has 8 nitrogen and oxygen atoms in total. The molecule has 2 fully saturated rings. The summed E-state index contributed by atoms with van der Waals surface area (Å²) in [6.45, 7) is 7.66. The summed E-state index contributed by atoms with van der Waals surface area (Å²) >= 11 is 1.50. The van der Waals surface area contributed by atoms with Crippen LogP contribution in [-0.4, -0.2) is 63.7 Å². The van der Waals surface area contributed by atoms with Crippen molar-refractivity contribution in [2.24, 2.45) is 17.6 Å². The number of rotatable bonds is 11. The van der Waals surface area contributed by atoms with Crippen LogP contribution in [0.15, 0.2) is 54.9 Å². The second kappa shape index (κ2) is 13.1. The lowest BCUT2D eigenvalue weighted by Gasteiger charge is -2.36. The number of Topliss-reactive ketones (excluding diaryl/α,β-unsaturated/α-hetero) is 1. The summed E-state index contributed by atoms with van der Waals surface area (Å²) < 4.78 is 21.8. The molecule has 1 atom stereocenters. The Morgan fingerprint density at radius 2 is 1.80 bits per heavy atom. The number of hydrogen-bond acceptors (Lipinski definition) is 8. The predicted octanol–water partition coefficient (Wildman–Crippen LogP) is 5.83. The summed E-state index contributed by atoms with van der Waals surface area (Å²) in [6.07, 6.45) is 6.62. The molecule has 1 saturated heterocycles. The minimum Gasteiger partial charge on any atom is -0.453 e. The maximum atomic E-state index is 15.0. The summed E-state index contributed by atoms with van der Waals surface area (Å²) in [7, 11) is 0. The van der Waals surface area contributed by atoms with E-state index in [2.05, 4.69) is 16.0 Å². The summed E-state index contributed by atoms with van der Waals surface area (Å²) in [5.74, 6) is 0.977. The first-order chi connectivity index (χ1) is 21.2. The number of hydrogen-bond donors (Lipinski definition) is 1. The lowest BCUT2D eigenvalue weighted by Crippen LogP contribution is -2.54. The first-order valence-electron chi connectivity index (χ1n) is 15.3. The van der Waals surface area contributed by atoms with Gasteiger partial charge in [-0.15, -0.1) is 11.3 Å². The fraction of sp³-hybridized carbons (Fsp3) is 0.412. The zero-order chi connectivity index (χ0) is 30.8. The molecular weight excluding hydrogens is 577 g/mol. The van der Waals surface area contributed by atoms with Crippen molar-refractivity contribution >= 4 is 33.2 Å². The molecule has 3 aromatic heterocycles. The van der Waals surface area contributed by atoms with Gasteiger partial charge in [0.25, 0.3) is 0 Å². The van der Waals surface area contributed by atoms with Gasteiger partial charge in [0.15, 0.2) is 11.6 Å². The van der Waals surface area contributed by atoms with E-state index in [1.54, 1.807) is 24.4 Å². The van der Waals surface area contributed by atoms with Crippen molar-refractivity contribution < 1.29 is 18.7 Å². The van der Waals surface area contributed by atoms with Gasteiger partial charge < -0.3 is 15.4 Å². The SMILES string of the molecule is CC(C)[C@H](N)C(=O)N1CCN(Cc2ccc(-c3cc4nccc(Oc5ccc(CC(=O)CC6CC6)cc5F)c4s3)nc2)CC1. The maximum absolute atomic E-state index is 15.0. The summed E-state index contributed by atoms with van der Waals surface area (Å²) in [6, 6.07) is 12.1. The number of fused-ring (bicyclic) bond motifs is 1. The van der Waals surface area contributed by atoms with E-state index < -0.39 is 11.9 Å². The van der Waals surface area contributed by atoms with Gasteiger partial charge in [0.05, 0.1) is 26.8 Å². The monoisotopic (exact) mass is 615 g/mol. The number of benzene rings is 1. The fourth-order valence-corrected chi connectivity index (χ4v) is 6.51. The number of nitrogens with zero attached hydrogens (tertiary/aromatic N) is 4. The first kappa shape index (κ1) is 30.3. The average molecular weight is 616 g/mol. The highest BCUT2D eigenvalue weighted by molar-refractivity contribution is 7.22. The molecule has 0 bridgehead atoms. The average Bonchev–Trinajstić information content (AvgIpc) is 3.72. The Morgan fingerprint density at radius 1 is 1.02 bits per heavy atom. The number of thiophene rings is 1. The molecule has 0 spiro atoms. The topological polar surface area (TPSA) is 102 Å². The molecule has 1 saturated carbocycles. The van der Waals surface area contributed by atoms with Crippen LogP contribution in [0.4, 0.5) is 4.39 Å². The first-order valence-corrected chi connectivity index (χ1v) is 16.1. The highest BCUT2D eigenvalue weighted by atomic mass is 32.1. The van der Waals surface area contributed by atoms with Crippen LogP contribution in [0.5, 0.6) is 11.5 Å². The number of amides is 1. The van der Waals surface area contributed by atoms with Gasteiger partial charge in [0.2, 0.25) is 5.91 Å². The Kier molecular flexibility index (Phi) is 9.02. The van der Waals surface area contributed by atoms with Crippen LogP contribution in [-0.2, 0) is 22.6 Å². The normalized spacial score (nSPS) is 16.4. The summed E-state index contributed by atoms with van der Waals surface area (Å²) in [5.41, 5.74) is 9.41. The third-order valence-electron chi connectivity index (χ3n) is 8.38. The molecule has 2 N–H and O–H groups in total. The number of aromatic nitrogens is 2. The second-order valence-corrected chi connectivity index (χ2v) is 13.3. The van der Waals surface area contributed by atoms with Crippen LogP contribution >= 0.6 is 11.3 Å². The molecule has 4 aromatic rings. The van der Waals surface area contributed by atoms with Crippen LogP contribution < -0.4 is 10.5 Å². The molecule has 6 rings (SSSR count). The van der Waals surface area contributed by atoms with E-state index in [0.29, 0.717) is 36.7 Å². The van der Waals surface area contributed by atoms with Crippen molar-refractivity contribution in [1.29, 1.82) is 0 Å². The number of piperazine rings is 1. The van der Waals surface area contributed by atoms with Crippen LogP contribution in [0.1, 0.15) is 44.2 Å². The Labute approximate surface area is 261 Å². The van der Waals surface area contributed by atoms with Crippen LogP contribution in [0.2, 0.25) is 0 Å². The minimum absolute atomic E-state index is 0.0344. The van der Waals surface area contributed by atoms with E-state index in [4.69, 9.17) is 15.5 Å². The number of halogens is 1. The van der Waals surface area contributed by atoms with E-state index in [-0.39, 0.29) is 29.8 Å². The van der Waals surface area contributed by atoms with E-state index in [9.17, 15) is 14.0 Å². The van der Waals surface area contributed by atoms with Gasteiger partial charge in [-0.3, -0.25) is 24.5 Å². The highest BCUT2D eigenvalue weighted by Gasteiger charge is 2.27. The minimum atomic E-state index is -0.493. The molecule has 1 aromatic carbocycles. The van der Waals surface area contributed by atoms with Crippen molar-refractivity contribution in [2.45, 2.75) is 52.1 Å². The Bertz CT molecular complexity index is 1640. The molecule has 44 heavy (non-hydrogen) atoms. The van der Waals surface area contributed by atoms with Gasteiger partial charge >= 0.3 is 0 Å². The number of pyridine rings is 2. The van der Waals surface area contributed by atoms with E-state index in [0.717, 1.165) is 58.8 Å². The number of ether oxygens (including phenoxy) is 1. The molecule has 1 aliphatic heterocycles. The lowest BCUT2D eigenvalue weighted by molar-refractivity contribution is -0.135. The van der Waals surface area contributed by atoms with Gasteiger partial charge in [-0.2, -0.15) is 0 Å². The molecule has 1 aliphatic carbocycles. The van der Waals surface area contributed by atoms with Gasteiger partial charge in [-0.1, -0.05) is 26.0 Å². The Hall–Kier alpha value is -3.73. The summed E-state index contributed by atoms with van der Waals surface area (Å²) in [5, 5.41) is 0. The predicted molar refractivity (Wildman–Crippen MR) is 170 cm³/mol. The van der Waals surface area contributed by atoms with Crippen molar-refractivity contribution in [3.63, 3.8) is 0 Å². The van der Waals surface area contributed by atoms with Gasteiger partial charge in [0, 0.05) is 64.0 Å². The van der Waals surface area contributed by atoms with Crippen LogP contribution in [0, 0.1) is 17.7 Å².